The third-order valence-electron chi connectivity index (χ3n) is 3.56. The van der Waals surface area contributed by atoms with Crippen LogP contribution in [0.3, 0.4) is 0 Å². The highest BCUT2D eigenvalue weighted by molar-refractivity contribution is 5.95. The second-order valence-corrected chi connectivity index (χ2v) is 5.02. The van der Waals surface area contributed by atoms with Crippen LogP contribution < -0.4 is 5.32 Å². The van der Waals surface area contributed by atoms with E-state index in [4.69, 9.17) is 0 Å². The zero-order valence-electron chi connectivity index (χ0n) is 11.2. The van der Waals surface area contributed by atoms with Gasteiger partial charge < -0.3 is 10.2 Å². The predicted octanol–water partition coefficient (Wildman–Crippen LogP) is 1.95. The maximum Gasteiger partial charge on any atom is 0.259 e. The number of carbonyl (C=O) groups is 1. The summed E-state index contributed by atoms with van der Waals surface area (Å²) in [6.07, 6.45) is 0.863. The van der Waals surface area contributed by atoms with Crippen molar-refractivity contribution in [3.05, 3.63) is 34.9 Å². The molecule has 1 N–H and O–H groups in total. The van der Waals surface area contributed by atoms with Crippen molar-refractivity contribution in [2.45, 2.75) is 13.3 Å². The third kappa shape index (κ3) is 2.76. The van der Waals surface area contributed by atoms with Crippen LogP contribution in [0.2, 0.25) is 0 Å². The van der Waals surface area contributed by atoms with E-state index >= 15 is 0 Å². The lowest BCUT2D eigenvalue weighted by molar-refractivity contribution is 0.0777. The fourth-order valence-electron chi connectivity index (χ4n) is 2.48. The Morgan fingerprint density at radius 3 is 2.89 bits per heavy atom. The van der Waals surface area contributed by atoms with Gasteiger partial charge in [0.2, 0.25) is 0 Å². The molecule has 1 fully saturated rings. The molecule has 1 aliphatic rings. The Morgan fingerprint density at radius 1 is 1.47 bits per heavy atom. The molecule has 5 heteroatoms. The van der Waals surface area contributed by atoms with E-state index in [-0.39, 0.29) is 5.56 Å². The molecule has 1 aliphatic heterocycles. The number of rotatable bonds is 3. The Labute approximate surface area is 111 Å². The summed E-state index contributed by atoms with van der Waals surface area (Å²) in [6, 6.07) is 2.49. The normalized spacial score (nSPS) is 18.9. The molecular formula is C14H18F2N2O. The van der Waals surface area contributed by atoms with Gasteiger partial charge in [-0.3, -0.25) is 4.79 Å². The first-order valence-corrected chi connectivity index (χ1v) is 6.43. The highest BCUT2D eigenvalue weighted by atomic mass is 19.1. The van der Waals surface area contributed by atoms with E-state index in [1.165, 1.54) is 17.9 Å². The van der Waals surface area contributed by atoms with E-state index in [1.54, 1.807) is 0 Å². The van der Waals surface area contributed by atoms with E-state index < -0.39 is 23.1 Å². The number of hydrogen-bond donors (Lipinski definition) is 1. The zero-order valence-corrected chi connectivity index (χ0v) is 11.2. The van der Waals surface area contributed by atoms with E-state index in [9.17, 15) is 13.6 Å². The molecular weight excluding hydrogens is 250 g/mol. The minimum atomic E-state index is -0.787. The maximum absolute atomic E-state index is 13.9. The molecule has 3 nitrogen and oxygen atoms in total. The van der Waals surface area contributed by atoms with Crippen LogP contribution in [0.25, 0.3) is 0 Å². The molecule has 19 heavy (non-hydrogen) atoms. The summed E-state index contributed by atoms with van der Waals surface area (Å²) in [5, 5.41) is 3.05. The number of amides is 1. The topological polar surface area (TPSA) is 32.3 Å². The number of nitrogens with zero attached hydrogens (tertiary/aromatic N) is 1. The minimum Gasteiger partial charge on any atom is -0.338 e. The Kier molecular flexibility index (Phi) is 4.14. The lowest BCUT2D eigenvalue weighted by Crippen LogP contribution is -2.31. The molecule has 1 unspecified atom stereocenters. The monoisotopic (exact) mass is 268 g/mol. The van der Waals surface area contributed by atoms with Gasteiger partial charge in [0.15, 0.2) is 0 Å². The molecule has 0 aliphatic carbocycles. The van der Waals surface area contributed by atoms with Crippen molar-refractivity contribution in [1.82, 2.24) is 10.2 Å². The fourth-order valence-corrected chi connectivity index (χ4v) is 2.48. The van der Waals surface area contributed by atoms with E-state index in [2.05, 4.69) is 5.32 Å². The molecule has 104 valence electrons. The highest BCUT2D eigenvalue weighted by Gasteiger charge is 2.30. The van der Waals surface area contributed by atoms with Crippen LogP contribution in [0.1, 0.15) is 22.3 Å². The number of benzene rings is 1. The molecule has 0 saturated carbocycles. The number of likely N-dealkylation sites (tertiary alicyclic amines) is 1. The molecule has 1 amide bonds. The number of hydrogen-bond acceptors (Lipinski definition) is 2. The first-order chi connectivity index (χ1) is 9.04. The van der Waals surface area contributed by atoms with Gasteiger partial charge in [-0.15, -0.1) is 0 Å². The van der Waals surface area contributed by atoms with Gasteiger partial charge in [-0.25, -0.2) is 8.78 Å². The smallest absolute Gasteiger partial charge is 0.259 e. The van der Waals surface area contributed by atoms with Crippen LogP contribution in [0.5, 0.6) is 0 Å². The minimum absolute atomic E-state index is 0.288. The SMILES string of the molecule is CNCC1CCN(C(=O)c2c(F)ccc(C)c2F)C1. The number of aryl methyl sites for hydroxylation is 1. The molecule has 0 spiro atoms. The van der Waals surface area contributed by atoms with Crippen LogP contribution in [0, 0.1) is 24.5 Å². The second-order valence-electron chi connectivity index (χ2n) is 5.02. The number of halogens is 2. The summed E-state index contributed by atoms with van der Waals surface area (Å²) in [6.45, 7) is 3.44. The van der Waals surface area contributed by atoms with Gasteiger partial charge >= 0.3 is 0 Å². The van der Waals surface area contributed by atoms with Gasteiger partial charge in [-0.05, 0) is 44.5 Å². The molecule has 1 heterocycles. The molecule has 1 aromatic carbocycles. The van der Waals surface area contributed by atoms with Gasteiger partial charge in [0.05, 0.1) is 0 Å². The Morgan fingerprint density at radius 2 is 2.21 bits per heavy atom. The fraction of sp³-hybridized carbons (Fsp3) is 0.500. The first kappa shape index (κ1) is 13.9. The summed E-state index contributed by atoms with van der Waals surface area (Å²) < 4.78 is 27.6. The van der Waals surface area contributed by atoms with Crippen molar-refractivity contribution < 1.29 is 13.6 Å². The molecule has 0 bridgehead atoms. The summed E-state index contributed by atoms with van der Waals surface area (Å²) >= 11 is 0. The lowest BCUT2D eigenvalue weighted by atomic mass is 10.1. The molecule has 1 saturated heterocycles. The molecule has 2 rings (SSSR count). The maximum atomic E-state index is 13.9. The highest BCUT2D eigenvalue weighted by Crippen LogP contribution is 2.22. The summed E-state index contributed by atoms with van der Waals surface area (Å²) in [7, 11) is 1.85. The number of nitrogens with one attached hydrogen (secondary N) is 1. The van der Waals surface area contributed by atoms with Crippen LogP contribution in [-0.4, -0.2) is 37.5 Å². The summed E-state index contributed by atoms with van der Waals surface area (Å²) in [5.74, 6) is -1.73. The van der Waals surface area contributed by atoms with Gasteiger partial charge in [0.25, 0.3) is 5.91 Å². The number of carbonyl (C=O) groups excluding carboxylic acids is 1. The van der Waals surface area contributed by atoms with Crippen molar-refractivity contribution in [2.75, 3.05) is 26.7 Å². The zero-order chi connectivity index (χ0) is 14.0. The average Bonchev–Trinajstić information content (AvgIpc) is 2.83. The van der Waals surface area contributed by atoms with Crippen LogP contribution in [0.15, 0.2) is 12.1 Å². The largest absolute Gasteiger partial charge is 0.338 e. The van der Waals surface area contributed by atoms with Crippen molar-refractivity contribution in [3.63, 3.8) is 0 Å². The predicted molar refractivity (Wildman–Crippen MR) is 69.0 cm³/mol. The quantitative estimate of drug-likeness (QED) is 0.909. The van der Waals surface area contributed by atoms with Crippen molar-refractivity contribution >= 4 is 5.91 Å². The summed E-state index contributed by atoms with van der Waals surface area (Å²) in [5.41, 5.74) is -0.138. The van der Waals surface area contributed by atoms with Crippen LogP contribution in [-0.2, 0) is 0 Å². The second kappa shape index (κ2) is 5.65. The first-order valence-electron chi connectivity index (χ1n) is 6.43. The molecule has 0 radical (unpaired) electrons. The Bertz CT molecular complexity index is 491. The van der Waals surface area contributed by atoms with E-state index in [1.807, 2.05) is 7.05 Å². The van der Waals surface area contributed by atoms with Gasteiger partial charge in [0.1, 0.15) is 17.2 Å². The molecule has 1 aromatic rings. The van der Waals surface area contributed by atoms with Crippen molar-refractivity contribution in [3.8, 4) is 0 Å². The van der Waals surface area contributed by atoms with Crippen molar-refractivity contribution in [1.29, 1.82) is 0 Å². The Hall–Kier alpha value is -1.49. The molecule has 0 aromatic heterocycles. The summed E-state index contributed by atoms with van der Waals surface area (Å²) in [4.78, 5) is 13.7. The van der Waals surface area contributed by atoms with Gasteiger partial charge in [-0.2, -0.15) is 0 Å². The van der Waals surface area contributed by atoms with Crippen LogP contribution in [0.4, 0.5) is 8.78 Å². The van der Waals surface area contributed by atoms with E-state index in [0.29, 0.717) is 19.0 Å². The third-order valence-corrected chi connectivity index (χ3v) is 3.56. The van der Waals surface area contributed by atoms with Crippen LogP contribution >= 0.6 is 0 Å². The van der Waals surface area contributed by atoms with Crippen molar-refractivity contribution in [2.24, 2.45) is 5.92 Å². The molecule has 1 atom stereocenters. The Balaban J connectivity index is 2.19. The van der Waals surface area contributed by atoms with Gasteiger partial charge in [0, 0.05) is 13.1 Å². The average molecular weight is 268 g/mol. The van der Waals surface area contributed by atoms with Gasteiger partial charge in [-0.1, -0.05) is 6.07 Å². The standard InChI is InChI=1S/C14H18F2N2O/c1-9-3-4-11(15)12(13(9)16)14(19)18-6-5-10(8-18)7-17-2/h3-4,10,17H,5-8H2,1-2H3. The van der Waals surface area contributed by atoms with E-state index in [0.717, 1.165) is 19.0 Å². The lowest BCUT2D eigenvalue weighted by Gasteiger charge is -2.18.